The van der Waals surface area contributed by atoms with Gasteiger partial charge in [-0.25, -0.2) is 9.78 Å². The molecule has 0 atom stereocenters. The molecule has 2 rings (SSSR count). The number of aromatic nitrogens is 1. The van der Waals surface area contributed by atoms with E-state index in [9.17, 15) is 9.90 Å². The molecule has 0 unspecified atom stereocenters. The summed E-state index contributed by atoms with van der Waals surface area (Å²) in [5, 5.41) is 22.6. The fourth-order valence-electron chi connectivity index (χ4n) is 2.53. The number of nitrogens with zero attached hydrogens (tertiary/aromatic N) is 1. The molecule has 110 valence electrons. The van der Waals surface area contributed by atoms with Crippen molar-refractivity contribution >= 4 is 23.4 Å². The van der Waals surface area contributed by atoms with Gasteiger partial charge in [0, 0.05) is 6.54 Å². The molecule has 1 aliphatic carbocycles. The highest BCUT2D eigenvalue weighted by Gasteiger charge is 2.27. The maximum atomic E-state index is 11.0. The van der Waals surface area contributed by atoms with Gasteiger partial charge in [0.25, 0.3) is 0 Å². The zero-order valence-electron chi connectivity index (χ0n) is 11.2. The van der Waals surface area contributed by atoms with E-state index in [0.29, 0.717) is 12.4 Å². The van der Waals surface area contributed by atoms with E-state index in [0.717, 1.165) is 38.5 Å². The lowest BCUT2D eigenvalue weighted by Crippen LogP contribution is -2.36. The van der Waals surface area contributed by atoms with Crippen LogP contribution < -0.4 is 5.32 Å². The Hall–Kier alpha value is -1.33. The van der Waals surface area contributed by atoms with E-state index >= 15 is 0 Å². The van der Waals surface area contributed by atoms with E-state index in [1.54, 1.807) is 0 Å². The number of nitrogens with one attached hydrogen (secondary N) is 1. The predicted molar refractivity (Wildman–Crippen MR) is 77.3 cm³/mol. The summed E-state index contributed by atoms with van der Waals surface area (Å²) in [6.07, 6.45) is 5.85. The normalized spacial score (nSPS) is 18.3. The number of pyridine rings is 1. The van der Waals surface area contributed by atoms with Gasteiger partial charge in [-0.05, 0) is 25.0 Å². The molecule has 0 aromatic carbocycles. The Morgan fingerprint density at radius 2 is 1.95 bits per heavy atom. The van der Waals surface area contributed by atoms with Gasteiger partial charge in [0.2, 0.25) is 0 Å². The van der Waals surface area contributed by atoms with Crippen molar-refractivity contribution in [2.75, 3.05) is 11.9 Å². The first-order valence-electron chi connectivity index (χ1n) is 6.86. The van der Waals surface area contributed by atoms with Crippen LogP contribution in [0.1, 0.15) is 48.9 Å². The van der Waals surface area contributed by atoms with E-state index in [4.69, 9.17) is 16.7 Å². The van der Waals surface area contributed by atoms with Crippen LogP contribution in [-0.4, -0.2) is 33.3 Å². The number of halogens is 1. The van der Waals surface area contributed by atoms with Gasteiger partial charge in [0.15, 0.2) is 0 Å². The van der Waals surface area contributed by atoms with Crippen LogP contribution in [0.5, 0.6) is 0 Å². The number of aromatic carboxylic acids is 1. The SMILES string of the molecule is O=C(O)c1cc(Cl)nc(NCC2(O)CCCCCC2)c1. The maximum absolute atomic E-state index is 11.0. The molecule has 0 aliphatic heterocycles. The van der Waals surface area contributed by atoms with Crippen LogP contribution >= 0.6 is 11.6 Å². The molecule has 0 spiro atoms. The van der Waals surface area contributed by atoms with Gasteiger partial charge in [0.1, 0.15) is 11.0 Å². The van der Waals surface area contributed by atoms with Gasteiger partial charge >= 0.3 is 5.97 Å². The Morgan fingerprint density at radius 3 is 2.55 bits per heavy atom. The van der Waals surface area contributed by atoms with Gasteiger partial charge in [-0.3, -0.25) is 0 Å². The summed E-state index contributed by atoms with van der Waals surface area (Å²) in [5.41, 5.74) is -0.662. The zero-order valence-corrected chi connectivity index (χ0v) is 12.0. The van der Waals surface area contributed by atoms with Crippen molar-refractivity contribution in [3.8, 4) is 0 Å². The van der Waals surface area contributed by atoms with E-state index in [2.05, 4.69) is 10.3 Å². The van der Waals surface area contributed by atoms with Crippen molar-refractivity contribution in [3.63, 3.8) is 0 Å². The Balaban J connectivity index is 2.04. The number of carboxylic acid groups (broad SMARTS) is 1. The standard InChI is InChI=1S/C14H19ClN2O3/c15-11-7-10(13(18)19)8-12(17-11)16-9-14(20)5-3-1-2-4-6-14/h7-8,20H,1-6,9H2,(H,16,17)(H,18,19). The lowest BCUT2D eigenvalue weighted by Gasteiger charge is -2.27. The highest BCUT2D eigenvalue weighted by molar-refractivity contribution is 6.29. The molecule has 3 N–H and O–H groups in total. The van der Waals surface area contributed by atoms with Crippen molar-refractivity contribution in [2.24, 2.45) is 0 Å². The number of anilines is 1. The molecule has 0 amide bonds. The monoisotopic (exact) mass is 298 g/mol. The van der Waals surface area contributed by atoms with Crippen molar-refractivity contribution in [3.05, 3.63) is 22.8 Å². The van der Waals surface area contributed by atoms with Crippen LogP contribution in [0, 0.1) is 0 Å². The lowest BCUT2D eigenvalue weighted by atomic mass is 9.94. The first kappa shape index (κ1) is 15.1. The lowest BCUT2D eigenvalue weighted by molar-refractivity contribution is 0.0380. The van der Waals surface area contributed by atoms with Crippen LogP contribution in [-0.2, 0) is 0 Å². The molecule has 1 aromatic heterocycles. The molecule has 5 nitrogen and oxygen atoms in total. The molecule has 1 aromatic rings. The minimum Gasteiger partial charge on any atom is -0.478 e. The van der Waals surface area contributed by atoms with Crippen molar-refractivity contribution in [2.45, 2.75) is 44.1 Å². The summed E-state index contributed by atoms with van der Waals surface area (Å²) in [7, 11) is 0. The van der Waals surface area contributed by atoms with Crippen molar-refractivity contribution in [1.29, 1.82) is 0 Å². The number of rotatable bonds is 4. The van der Waals surface area contributed by atoms with Crippen LogP contribution in [0.2, 0.25) is 5.15 Å². The Labute approximate surface area is 123 Å². The van der Waals surface area contributed by atoms with Crippen LogP contribution in [0.15, 0.2) is 12.1 Å². The van der Waals surface area contributed by atoms with Crippen molar-refractivity contribution < 1.29 is 15.0 Å². The highest BCUT2D eigenvalue weighted by atomic mass is 35.5. The number of aliphatic hydroxyl groups is 1. The second-order valence-corrected chi connectivity index (χ2v) is 5.75. The molecule has 0 radical (unpaired) electrons. The molecule has 0 saturated heterocycles. The highest BCUT2D eigenvalue weighted by Crippen LogP contribution is 2.27. The fraction of sp³-hybridized carbons (Fsp3) is 0.571. The van der Waals surface area contributed by atoms with Crippen LogP contribution in [0.3, 0.4) is 0 Å². The number of hydrogen-bond donors (Lipinski definition) is 3. The maximum Gasteiger partial charge on any atom is 0.335 e. The third-order valence-electron chi connectivity index (χ3n) is 3.67. The average Bonchev–Trinajstić information content (AvgIpc) is 2.61. The van der Waals surface area contributed by atoms with E-state index in [1.165, 1.54) is 12.1 Å². The first-order chi connectivity index (χ1) is 9.48. The molecule has 1 heterocycles. The van der Waals surface area contributed by atoms with Crippen LogP contribution in [0.25, 0.3) is 0 Å². The number of carbonyl (C=O) groups is 1. The van der Waals surface area contributed by atoms with E-state index in [-0.39, 0.29) is 10.7 Å². The number of hydrogen-bond acceptors (Lipinski definition) is 4. The van der Waals surface area contributed by atoms with Gasteiger partial charge in [-0.1, -0.05) is 37.3 Å². The quantitative estimate of drug-likeness (QED) is 0.588. The average molecular weight is 299 g/mol. The second kappa shape index (κ2) is 6.41. The van der Waals surface area contributed by atoms with Gasteiger partial charge in [0.05, 0.1) is 11.2 Å². The molecular formula is C14H19ClN2O3. The summed E-state index contributed by atoms with van der Waals surface area (Å²) in [5.74, 6) is -0.668. The zero-order chi connectivity index (χ0) is 14.6. The largest absolute Gasteiger partial charge is 0.478 e. The summed E-state index contributed by atoms with van der Waals surface area (Å²) in [6.45, 7) is 0.361. The summed E-state index contributed by atoms with van der Waals surface area (Å²) in [6, 6.07) is 2.73. The summed E-state index contributed by atoms with van der Waals surface area (Å²) in [4.78, 5) is 15.0. The summed E-state index contributed by atoms with van der Waals surface area (Å²) >= 11 is 5.80. The second-order valence-electron chi connectivity index (χ2n) is 5.36. The van der Waals surface area contributed by atoms with Gasteiger partial charge in [-0.2, -0.15) is 0 Å². The van der Waals surface area contributed by atoms with Crippen LogP contribution in [0.4, 0.5) is 5.82 Å². The Bertz CT molecular complexity index is 485. The molecule has 1 fully saturated rings. The predicted octanol–water partition coefficient (Wildman–Crippen LogP) is 2.93. The third kappa shape index (κ3) is 4.08. The first-order valence-corrected chi connectivity index (χ1v) is 7.23. The molecule has 20 heavy (non-hydrogen) atoms. The van der Waals surface area contributed by atoms with Gasteiger partial charge in [-0.15, -0.1) is 0 Å². The molecule has 1 aliphatic rings. The smallest absolute Gasteiger partial charge is 0.335 e. The van der Waals surface area contributed by atoms with Crippen molar-refractivity contribution in [1.82, 2.24) is 4.98 Å². The summed E-state index contributed by atoms with van der Waals surface area (Å²) < 4.78 is 0. The van der Waals surface area contributed by atoms with E-state index in [1.807, 2.05) is 0 Å². The van der Waals surface area contributed by atoms with Gasteiger partial charge < -0.3 is 15.5 Å². The minimum absolute atomic E-state index is 0.0837. The number of carboxylic acids is 1. The molecule has 0 bridgehead atoms. The van der Waals surface area contributed by atoms with E-state index < -0.39 is 11.6 Å². The topological polar surface area (TPSA) is 82.5 Å². The molecule has 6 heteroatoms. The Kier molecular flexibility index (Phi) is 4.83. The Morgan fingerprint density at radius 1 is 1.30 bits per heavy atom. The fourth-order valence-corrected chi connectivity index (χ4v) is 2.74. The third-order valence-corrected chi connectivity index (χ3v) is 3.87. The molecule has 1 saturated carbocycles. The molecular weight excluding hydrogens is 280 g/mol. The minimum atomic E-state index is -1.05.